The Kier molecular flexibility index (Phi) is 3.23. The predicted octanol–water partition coefficient (Wildman–Crippen LogP) is 0.980. The largest absolute Gasteiger partial charge is 0.488 e. The SMILES string of the molecule is CS(=O)(=O)N1CC2(CC(Oc3cccnc3)CS2)C1. The van der Waals surface area contributed by atoms with Crippen molar-refractivity contribution in [3.05, 3.63) is 24.5 Å². The Morgan fingerprint density at radius 3 is 2.95 bits per heavy atom. The molecule has 2 aliphatic rings. The molecule has 104 valence electrons. The maximum Gasteiger partial charge on any atom is 0.211 e. The summed E-state index contributed by atoms with van der Waals surface area (Å²) in [6.45, 7) is 1.23. The molecule has 19 heavy (non-hydrogen) atoms. The molecule has 1 spiro atoms. The molecule has 0 radical (unpaired) electrons. The first-order valence-corrected chi connectivity index (χ1v) is 8.96. The molecule has 3 rings (SSSR count). The van der Waals surface area contributed by atoms with Gasteiger partial charge in [0.25, 0.3) is 0 Å². The van der Waals surface area contributed by atoms with Crippen LogP contribution in [0.1, 0.15) is 6.42 Å². The Morgan fingerprint density at radius 2 is 2.32 bits per heavy atom. The summed E-state index contributed by atoms with van der Waals surface area (Å²) >= 11 is 1.83. The fourth-order valence-corrected chi connectivity index (χ4v) is 5.19. The summed E-state index contributed by atoms with van der Waals surface area (Å²) in [6, 6.07) is 3.74. The van der Waals surface area contributed by atoms with E-state index in [-0.39, 0.29) is 10.9 Å². The summed E-state index contributed by atoms with van der Waals surface area (Å²) in [4.78, 5) is 4.02. The molecule has 0 bridgehead atoms. The second-order valence-corrected chi connectivity index (χ2v) is 8.63. The van der Waals surface area contributed by atoms with Gasteiger partial charge in [0, 0.05) is 36.2 Å². The summed E-state index contributed by atoms with van der Waals surface area (Å²) in [5.41, 5.74) is 0. The van der Waals surface area contributed by atoms with Crippen LogP contribution in [0.5, 0.6) is 5.75 Å². The predicted molar refractivity (Wildman–Crippen MR) is 74.9 cm³/mol. The third kappa shape index (κ3) is 2.73. The maximum absolute atomic E-state index is 11.4. The summed E-state index contributed by atoms with van der Waals surface area (Å²) in [7, 11) is -3.04. The molecule has 1 aromatic heterocycles. The normalized spacial score (nSPS) is 26.3. The quantitative estimate of drug-likeness (QED) is 0.833. The van der Waals surface area contributed by atoms with Crippen LogP contribution in [-0.2, 0) is 10.0 Å². The van der Waals surface area contributed by atoms with E-state index in [4.69, 9.17) is 4.74 Å². The number of hydrogen-bond acceptors (Lipinski definition) is 5. The molecule has 1 atom stereocenters. The monoisotopic (exact) mass is 300 g/mol. The number of hydrogen-bond donors (Lipinski definition) is 0. The van der Waals surface area contributed by atoms with Crippen molar-refractivity contribution in [2.45, 2.75) is 17.3 Å². The highest BCUT2D eigenvalue weighted by Crippen LogP contribution is 2.46. The van der Waals surface area contributed by atoms with Crippen molar-refractivity contribution < 1.29 is 13.2 Å². The Hall–Kier alpha value is -0.790. The molecule has 1 aromatic rings. The highest BCUT2D eigenvalue weighted by atomic mass is 32.2. The van der Waals surface area contributed by atoms with Gasteiger partial charge in [0.05, 0.1) is 12.5 Å². The first-order chi connectivity index (χ1) is 8.97. The van der Waals surface area contributed by atoms with Gasteiger partial charge in [-0.3, -0.25) is 4.98 Å². The van der Waals surface area contributed by atoms with Crippen LogP contribution >= 0.6 is 11.8 Å². The van der Waals surface area contributed by atoms with Crippen LogP contribution in [0.25, 0.3) is 0 Å². The minimum absolute atomic E-state index is 0.0654. The van der Waals surface area contributed by atoms with E-state index in [1.165, 1.54) is 10.6 Å². The fourth-order valence-electron chi connectivity index (χ4n) is 2.54. The average Bonchev–Trinajstić information content (AvgIpc) is 2.71. The fraction of sp³-hybridized carbons (Fsp3) is 0.583. The third-order valence-corrected chi connectivity index (χ3v) is 6.28. The number of pyridine rings is 1. The number of nitrogens with zero attached hydrogens (tertiary/aromatic N) is 2. The smallest absolute Gasteiger partial charge is 0.211 e. The van der Waals surface area contributed by atoms with Gasteiger partial charge in [0.15, 0.2) is 0 Å². The van der Waals surface area contributed by atoms with Gasteiger partial charge in [-0.1, -0.05) is 0 Å². The van der Waals surface area contributed by atoms with Crippen molar-refractivity contribution in [2.75, 3.05) is 25.1 Å². The average molecular weight is 300 g/mol. The molecule has 0 amide bonds. The first-order valence-electron chi connectivity index (χ1n) is 6.13. The van der Waals surface area contributed by atoms with Crippen molar-refractivity contribution in [1.82, 2.24) is 9.29 Å². The number of ether oxygens (including phenoxy) is 1. The van der Waals surface area contributed by atoms with Crippen LogP contribution in [0.15, 0.2) is 24.5 Å². The molecule has 5 nitrogen and oxygen atoms in total. The molecular weight excluding hydrogens is 284 g/mol. The topological polar surface area (TPSA) is 59.5 Å². The van der Waals surface area contributed by atoms with Crippen LogP contribution in [0.2, 0.25) is 0 Å². The van der Waals surface area contributed by atoms with E-state index in [0.717, 1.165) is 17.9 Å². The summed E-state index contributed by atoms with van der Waals surface area (Å²) in [6.07, 6.45) is 5.74. The molecule has 0 aromatic carbocycles. The molecular formula is C12H16N2O3S2. The van der Waals surface area contributed by atoms with Crippen LogP contribution < -0.4 is 4.74 Å². The van der Waals surface area contributed by atoms with Gasteiger partial charge in [-0.05, 0) is 12.1 Å². The molecule has 3 heterocycles. The second kappa shape index (κ2) is 4.64. The Morgan fingerprint density at radius 1 is 1.53 bits per heavy atom. The molecule has 2 fully saturated rings. The minimum atomic E-state index is -3.04. The number of rotatable bonds is 3. The second-order valence-electron chi connectivity index (χ2n) is 5.16. The van der Waals surface area contributed by atoms with Crippen molar-refractivity contribution >= 4 is 21.8 Å². The summed E-state index contributed by atoms with van der Waals surface area (Å²) in [5.74, 6) is 1.69. The highest BCUT2D eigenvalue weighted by molar-refractivity contribution is 8.01. The van der Waals surface area contributed by atoms with E-state index in [9.17, 15) is 8.42 Å². The Balaban J connectivity index is 1.57. The molecule has 1 unspecified atom stereocenters. The van der Waals surface area contributed by atoms with Gasteiger partial charge in [0.2, 0.25) is 10.0 Å². The zero-order valence-corrected chi connectivity index (χ0v) is 12.3. The van der Waals surface area contributed by atoms with Gasteiger partial charge in [-0.2, -0.15) is 4.31 Å². The molecule has 0 N–H and O–H groups in total. The minimum Gasteiger partial charge on any atom is -0.488 e. The van der Waals surface area contributed by atoms with Crippen molar-refractivity contribution in [1.29, 1.82) is 0 Å². The Bertz CT molecular complexity index is 556. The van der Waals surface area contributed by atoms with E-state index in [2.05, 4.69) is 4.98 Å². The lowest BCUT2D eigenvalue weighted by Crippen LogP contribution is -2.60. The number of thioether (sulfide) groups is 1. The van der Waals surface area contributed by atoms with Crippen molar-refractivity contribution in [3.8, 4) is 5.75 Å². The van der Waals surface area contributed by atoms with Gasteiger partial charge >= 0.3 is 0 Å². The molecule has 2 aliphatic heterocycles. The maximum atomic E-state index is 11.4. The van der Waals surface area contributed by atoms with E-state index < -0.39 is 10.0 Å². The Labute approximate surface area is 117 Å². The number of aromatic nitrogens is 1. The third-order valence-electron chi connectivity index (χ3n) is 3.51. The van der Waals surface area contributed by atoms with Crippen LogP contribution in [0.4, 0.5) is 0 Å². The van der Waals surface area contributed by atoms with E-state index in [1.807, 2.05) is 23.9 Å². The van der Waals surface area contributed by atoms with E-state index >= 15 is 0 Å². The lowest BCUT2D eigenvalue weighted by Gasteiger charge is -2.45. The first kappa shape index (κ1) is 13.2. The lowest BCUT2D eigenvalue weighted by molar-refractivity contribution is 0.159. The van der Waals surface area contributed by atoms with Gasteiger partial charge in [-0.25, -0.2) is 8.42 Å². The number of sulfonamides is 1. The zero-order chi connectivity index (χ0) is 13.5. The van der Waals surface area contributed by atoms with Gasteiger partial charge < -0.3 is 4.74 Å². The summed E-state index contributed by atoms with van der Waals surface area (Å²) in [5, 5.41) is 0. The van der Waals surface area contributed by atoms with Gasteiger partial charge in [-0.15, -0.1) is 11.8 Å². The van der Waals surface area contributed by atoms with Crippen molar-refractivity contribution in [3.63, 3.8) is 0 Å². The highest BCUT2D eigenvalue weighted by Gasteiger charge is 2.52. The molecule has 2 saturated heterocycles. The van der Waals surface area contributed by atoms with Gasteiger partial charge in [0.1, 0.15) is 11.9 Å². The molecule has 7 heteroatoms. The van der Waals surface area contributed by atoms with Crippen LogP contribution in [0.3, 0.4) is 0 Å². The molecule has 0 aliphatic carbocycles. The zero-order valence-electron chi connectivity index (χ0n) is 10.7. The van der Waals surface area contributed by atoms with Crippen molar-refractivity contribution in [2.24, 2.45) is 0 Å². The van der Waals surface area contributed by atoms with E-state index in [1.54, 1.807) is 12.4 Å². The standard InChI is InChI=1S/C12H16N2O3S2/c1-19(15,16)14-8-12(9-14)5-11(7-18-12)17-10-3-2-4-13-6-10/h2-4,6,11H,5,7-9H2,1H3. The lowest BCUT2D eigenvalue weighted by atomic mass is 9.95. The van der Waals surface area contributed by atoms with E-state index in [0.29, 0.717) is 13.1 Å². The summed E-state index contributed by atoms with van der Waals surface area (Å²) < 4.78 is 30.3. The molecule has 0 saturated carbocycles. The van der Waals surface area contributed by atoms with Crippen LogP contribution in [0, 0.1) is 0 Å². The van der Waals surface area contributed by atoms with Crippen LogP contribution in [-0.4, -0.2) is 53.7 Å².